The van der Waals surface area contributed by atoms with Gasteiger partial charge in [-0.25, -0.2) is 4.39 Å². The molecule has 0 fully saturated rings. The Bertz CT molecular complexity index is 520. The first-order valence-corrected chi connectivity index (χ1v) is 5.50. The number of hydrogen-bond donors (Lipinski definition) is 1. The predicted octanol–water partition coefficient (Wildman–Crippen LogP) is 2.82. The van der Waals surface area contributed by atoms with Gasteiger partial charge in [0.1, 0.15) is 22.8 Å². The molecule has 1 atom stereocenters. The van der Waals surface area contributed by atoms with Crippen molar-refractivity contribution in [2.45, 2.75) is 18.9 Å². The summed E-state index contributed by atoms with van der Waals surface area (Å²) in [7, 11) is 1.52. The zero-order valence-corrected chi connectivity index (χ0v) is 9.87. The molecule has 1 unspecified atom stereocenters. The summed E-state index contributed by atoms with van der Waals surface area (Å²) in [5.41, 5.74) is -0.603. The second-order valence-corrected chi connectivity index (χ2v) is 4.11. The number of fused-ring (bicyclic) bond motifs is 1. The zero-order chi connectivity index (χ0) is 12.5. The molecule has 0 saturated carbocycles. The minimum absolute atomic E-state index is 0.145. The molecule has 1 aromatic carbocycles. The minimum atomic E-state index is -1.16. The van der Waals surface area contributed by atoms with E-state index in [0.717, 1.165) is 0 Å². The van der Waals surface area contributed by atoms with Gasteiger partial charge in [0.05, 0.1) is 6.61 Å². The predicted molar refractivity (Wildman–Crippen MR) is 62.2 cm³/mol. The van der Waals surface area contributed by atoms with E-state index < -0.39 is 5.60 Å². The number of rotatable bonds is 4. The highest BCUT2D eigenvalue weighted by atomic mass is 19.1. The van der Waals surface area contributed by atoms with E-state index in [-0.39, 0.29) is 12.4 Å². The van der Waals surface area contributed by atoms with Gasteiger partial charge in [-0.2, -0.15) is 0 Å². The maximum Gasteiger partial charge on any atom is 0.145 e. The second-order valence-electron chi connectivity index (χ2n) is 4.11. The fraction of sp³-hybridized carbons (Fsp3) is 0.385. The molecule has 92 valence electrons. The molecule has 1 heterocycles. The first kappa shape index (κ1) is 12.1. The molecule has 0 aliphatic carbocycles. The van der Waals surface area contributed by atoms with Crippen molar-refractivity contribution < 1.29 is 18.7 Å². The van der Waals surface area contributed by atoms with E-state index in [1.54, 1.807) is 12.1 Å². The molecule has 0 saturated heterocycles. The SMILES string of the molecule is CCC(O)(COC)c1cc2cc(F)ccc2o1. The van der Waals surface area contributed by atoms with Crippen molar-refractivity contribution in [3.8, 4) is 0 Å². The average molecular weight is 238 g/mol. The molecular weight excluding hydrogens is 223 g/mol. The van der Waals surface area contributed by atoms with Gasteiger partial charge in [0, 0.05) is 12.5 Å². The van der Waals surface area contributed by atoms with Gasteiger partial charge in [0.25, 0.3) is 0 Å². The molecule has 2 aromatic rings. The Hall–Kier alpha value is -1.39. The van der Waals surface area contributed by atoms with Crippen LogP contribution < -0.4 is 0 Å². The number of aliphatic hydroxyl groups is 1. The summed E-state index contributed by atoms with van der Waals surface area (Å²) in [5, 5.41) is 11.0. The van der Waals surface area contributed by atoms with Crippen LogP contribution in [0.4, 0.5) is 4.39 Å². The Morgan fingerprint density at radius 2 is 2.18 bits per heavy atom. The number of halogens is 1. The molecule has 0 amide bonds. The average Bonchev–Trinajstić information content (AvgIpc) is 2.72. The summed E-state index contributed by atoms with van der Waals surface area (Å²) in [6.07, 6.45) is 0.461. The third kappa shape index (κ3) is 2.18. The van der Waals surface area contributed by atoms with Crippen molar-refractivity contribution >= 4 is 11.0 Å². The van der Waals surface area contributed by atoms with Crippen molar-refractivity contribution in [2.75, 3.05) is 13.7 Å². The highest BCUT2D eigenvalue weighted by Crippen LogP contribution is 2.31. The van der Waals surface area contributed by atoms with Crippen LogP contribution in [-0.2, 0) is 10.3 Å². The fourth-order valence-corrected chi connectivity index (χ4v) is 1.83. The molecule has 0 spiro atoms. The Balaban J connectivity index is 2.48. The monoisotopic (exact) mass is 238 g/mol. The standard InChI is InChI=1S/C13H15FO3/c1-3-13(15,8-16-2)12-7-9-6-10(14)4-5-11(9)17-12/h4-7,15H,3,8H2,1-2H3. The number of hydrogen-bond acceptors (Lipinski definition) is 3. The lowest BCUT2D eigenvalue weighted by atomic mass is 9.98. The van der Waals surface area contributed by atoms with Gasteiger partial charge < -0.3 is 14.3 Å². The molecule has 2 rings (SSSR count). The summed E-state index contributed by atoms with van der Waals surface area (Å²) in [6, 6.07) is 5.92. The molecule has 1 aromatic heterocycles. The van der Waals surface area contributed by atoms with Gasteiger partial charge in [-0.1, -0.05) is 6.92 Å². The number of benzene rings is 1. The molecular formula is C13H15FO3. The van der Waals surface area contributed by atoms with E-state index in [0.29, 0.717) is 23.2 Å². The highest BCUT2D eigenvalue weighted by molar-refractivity contribution is 5.78. The fourth-order valence-electron chi connectivity index (χ4n) is 1.83. The van der Waals surface area contributed by atoms with Crippen LogP contribution in [0, 0.1) is 5.82 Å². The van der Waals surface area contributed by atoms with Crippen molar-refractivity contribution in [1.82, 2.24) is 0 Å². The molecule has 0 bridgehead atoms. The zero-order valence-electron chi connectivity index (χ0n) is 9.87. The molecule has 0 radical (unpaired) electrons. The number of furan rings is 1. The summed E-state index contributed by atoms with van der Waals surface area (Å²) in [4.78, 5) is 0. The van der Waals surface area contributed by atoms with Crippen LogP contribution in [0.25, 0.3) is 11.0 Å². The van der Waals surface area contributed by atoms with Crippen LogP contribution in [0.5, 0.6) is 0 Å². The Labute approximate surface area is 98.8 Å². The summed E-state index contributed by atoms with van der Waals surface area (Å²) < 4.78 is 23.6. The third-order valence-electron chi connectivity index (χ3n) is 2.91. The normalized spacial score (nSPS) is 15.1. The molecule has 0 aliphatic heterocycles. The van der Waals surface area contributed by atoms with Crippen molar-refractivity contribution in [1.29, 1.82) is 0 Å². The molecule has 17 heavy (non-hydrogen) atoms. The van der Waals surface area contributed by atoms with Crippen molar-refractivity contribution in [2.24, 2.45) is 0 Å². The summed E-state index contributed by atoms with van der Waals surface area (Å²) >= 11 is 0. The van der Waals surface area contributed by atoms with Gasteiger partial charge in [0.15, 0.2) is 0 Å². The van der Waals surface area contributed by atoms with Gasteiger partial charge in [-0.15, -0.1) is 0 Å². The van der Waals surface area contributed by atoms with E-state index in [9.17, 15) is 9.50 Å². The van der Waals surface area contributed by atoms with Gasteiger partial charge in [-0.3, -0.25) is 0 Å². The highest BCUT2D eigenvalue weighted by Gasteiger charge is 2.31. The lowest BCUT2D eigenvalue weighted by molar-refractivity contribution is -0.0525. The topological polar surface area (TPSA) is 42.6 Å². The largest absolute Gasteiger partial charge is 0.458 e. The van der Waals surface area contributed by atoms with Crippen LogP contribution in [0.2, 0.25) is 0 Å². The summed E-state index contributed by atoms with van der Waals surface area (Å²) in [6.45, 7) is 1.98. The van der Waals surface area contributed by atoms with Gasteiger partial charge in [0.2, 0.25) is 0 Å². The van der Waals surface area contributed by atoms with Crippen LogP contribution in [0.1, 0.15) is 19.1 Å². The van der Waals surface area contributed by atoms with Crippen molar-refractivity contribution in [3.05, 3.63) is 35.8 Å². The summed E-state index contributed by atoms with van der Waals surface area (Å²) in [5.74, 6) is 0.0825. The van der Waals surface area contributed by atoms with Crippen molar-refractivity contribution in [3.63, 3.8) is 0 Å². The van der Waals surface area contributed by atoms with E-state index in [1.807, 2.05) is 6.92 Å². The van der Waals surface area contributed by atoms with Gasteiger partial charge in [-0.05, 0) is 30.7 Å². The maximum absolute atomic E-state index is 13.0. The Morgan fingerprint density at radius 1 is 1.41 bits per heavy atom. The molecule has 0 aliphatic rings. The van der Waals surface area contributed by atoms with E-state index in [1.165, 1.54) is 19.2 Å². The van der Waals surface area contributed by atoms with Crippen LogP contribution in [0.15, 0.2) is 28.7 Å². The lowest BCUT2D eigenvalue weighted by Gasteiger charge is -2.22. The van der Waals surface area contributed by atoms with E-state index in [4.69, 9.17) is 9.15 Å². The third-order valence-corrected chi connectivity index (χ3v) is 2.91. The first-order chi connectivity index (χ1) is 8.09. The van der Waals surface area contributed by atoms with E-state index >= 15 is 0 Å². The van der Waals surface area contributed by atoms with Crippen LogP contribution in [-0.4, -0.2) is 18.8 Å². The van der Waals surface area contributed by atoms with Crippen LogP contribution in [0.3, 0.4) is 0 Å². The smallest absolute Gasteiger partial charge is 0.145 e. The first-order valence-electron chi connectivity index (χ1n) is 5.50. The molecule has 4 heteroatoms. The Kier molecular flexibility index (Phi) is 3.17. The molecule has 1 N–H and O–H groups in total. The second kappa shape index (κ2) is 4.47. The Morgan fingerprint density at radius 3 is 2.82 bits per heavy atom. The van der Waals surface area contributed by atoms with E-state index in [2.05, 4.69) is 0 Å². The number of methoxy groups -OCH3 is 1. The molecule has 3 nitrogen and oxygen atoms in total. The van der Waals surface area contributed by atoms with Crippen LogP contribution >= 0.6 is 0 Å². The quantitative estimate of drug-likeness (QED) is 0.890. The van der Waals surface area contributed by atoms with Gasteiger partial charge >= 0.3 is 0 Å². The minimum Gasteiger partial charge on any atom is -0.458 e. The number of ether oxygens (including phenoxy) is 1. The maximum atomic E-state index is 13.0. The lowest BCUT2D eigenvalue weighted by Crippen LogP contribution is -2.29.